The van der Waals surface area contributed by atoms with Gasteiger partial charge in [0.2, 0.25) is 10.0 Å². The van der Waals surface area contributed by atoms with Crippen molar-refractivity contribution in [3.05, 3.63) is 23.3 Å². The molecule has 1 fully saturated rings. The van der Waals surface area contributed by atoms with Crippen LogP contribution in [-0.4, -0.2) is 32.9 Å². The molecule has 0 saturated heterocycles. The zero-order valence-corrected chi connectivity index (χ0v) is 11.5. The molecule has 19 heavy (non-hydrogen) atoms. The molecule has 0 bridgehead atoms. The van der Waals surface area contributed by atoms with Crippen LogP contribution in [0.4, 0.5) is 5.69 Å². The summed E-state index contributed by atoms with van der Waals surface area (Å²) in [5, 5.41) is 9.13. The topological polar surface area (TPSA) is 92.7 Å². The van der Waals surface area contributed by atoms with Gasteiger partial charge in [-0.2, -0.15) is 0 Å². The van der Waals surface area contributed by atoms with Crippen molar-refractivity contribution in [2.75, 3.05) is 18.1 Å². The quantitative estimate of drug-likeness (QED) is 0.858. The van der Waals surface area contributed by atoms with Crippen molar-refractivity contribution in [3.8, 4) is 5.75 Å². The number of carboxylic acid groups (broad SMARTS) is 1. The maximum Gasteiger partial charge on any atom is 0.339 e. The highest BCUT2D eigenvalue weighted by Gasteiger charge is 2.32. The summed E-state index contributed by atoms with van der Waals surface area (Å²) in [7, 11) is -2.03. The summed E-state index contributed by atoms with van der Waals surface area (Å²) < 4.78 is 30.3. The second-order valence-electron chi connectivity index (χ2n) is 4.56. The van der Waals surface area contributed by atoms with E-state index in [-0.39, 0.29) is 17.2 Å². The molecule has 0 heterocycles. The molecule has 1 aromatic rings. The molecule has 0 aromatic heterocycles. The first-order valence-corrected chi connectivity index (χ1v) is 7.64. The highest BCUT2D eigenvalue weighted by molar-refractivity contribution is 7.92. The van der Waals surface area contributed by atoms with Gasteiger partial charge in [0, 0.05) is 5.56 Å². The van der Waals surface area contributed by atoms with Gasteiger partial charge in [-0.15, -0.1) is 0 Å². The van der Waals surface area contributed by atoms with Crippen molar-refractivity contribution in [2.24, 2.45) is 0 Å². The molecule has 6 nitrogen and oxygen atoms in total. The molecular formula is C12H15NO5S. The molecule has 2 N–H and O–H groups in total. The van der Waals surface area contributed by atoms with Crippen LogP contribution in [0.25, 0.3) is 0 Å². The first-order chi connectivity index (χ1) is 8.83. The van der Waals surface area contributed by atoms with Crippen molar-refractivity contribution in [2.45, 2.75) is 18.8 Å². The predicted octanol–water partition coefficient (Wildman–Crippen LogP) is 1.64. The number of ether oxygens (including phenoxy) is 1. The molecule has 0 radical (unpaired) electrons. The second kappa shape index (κ2) is 4.73. The molecule has 0 amide bonds. The van der Waals surface area contributed by atoms with Gasteiger partial charge in [0.25, 0.3) is 0 Å². The van der Waals surface area contributed by atoms with E-state index in [1.165, 1.54) is 19.2 Å². The van der Waals surface area contributed by atoms with Crippen molar-refractivity contribution in [1.82, 2.24) is 0 Å². The first-order valence-electron chi connectivity index (χ1n) is 5.75. The van der Waals surface area contributed by atoms with Crippen molar-refractivity contribution in [3.63, 3.8) is 0 Å². The van der Waals surface area contributed by atoms with Gasteiger partial charge in [0.05, 0.1) is 19.1 Å². The number of methoxy groups -OCH3 is 1. The van der Waals surface area contributed by atoms with Crippen molar-refractivity contribution in [1.29, 1.82) is 0 Å². The second-order valence-corrected chi connectivity index (χ2v) is 6.31. The fraction of sp³-hybridized carbons (Fsp3) is 0.417. The highest BCUT2D eigenvalue weighted by atomic mass is 32.2. The van der Waals surface area contributed by atoms with Crippen LogP contribution in [0.3, 0.4) is 0 Å². The van der Waals surface area contributed by atoms with E-state index in [2.05, 4.69) is 4.72 Å². The van der Waals surface area contributed by atoms with Gasteiger partial charge in [-0.05, 0) is 30.9 Å². The number of carboxylic acids is 1. The lowest BCUT2D eigenvalue weighted by Crippen LogP contribution is -2.13. The SMILES string of the molecule is COc1c(C(=O)O)ccc(NS(C)(=O)=O)c1C1CC1. The number of hydrogen-bond acceptors (Lipinski definition) is 4. The Labute approximate surface area is 111 Å². The number of nitrogens with one attached hydrogen (secondary N) is 1. The summed E-state index contributed by atoms with van der Waals surface area (Å²) in [6, 6.07) is 2.82. The van der Waals surface area contributed by atoms with E-state index in [1.807, 2.05) is 0 Å². The van der Waals surface area contributed by atoms with Crippen LogP contribution in [0.1, 0.15) is 34.7 Å². The summed E-state index contributed by atoms with van der Waals surface area (Å²) in [6.07, 6.45) is 2.86. The zero-order chi connectivity index (χ0) is 14.2. The van der Waals surface area contributed by atoms with E-state index >= 15 is 0 Å². The molecule has 1 aliphatic carbocycles. The molecule has 0 spiro atoms. The van der Waals surface area contributed by atoms with Crippen LogP contribution in [0.2, 0.25) is 0 Å². The van der Waals surface area contributed by atoms with Gasteiger partial charge in [-0.25, -0.2) is 13.2 Å². The van der Waals surface area contributed by atoms with E-state index in [4.69, 9.17) is 9.84 Å². The monoisotopic (exact) mass is 285 g/mol. The molecule has 1 saturated carbocycles. The number of aromatic carboxylic acids is 1. The summed E-state index contributed by atoms with van der Waals surface area (Å²) >= 11 is 0. The standard InChI is InChI=1S/C12H15NO5S/c1-18-11-8(12(14)15)5-6-9(13-19(2,16)17)10(11)7-3-4-7/h5-7,13H,3-4H2,1-2H3,(H,14,15). The van der Waals surface area contributed by atoms with Gasteiger partial charge < -0.3 is 9.84 Å². The van der Waals surface area contributed by atoms with Gasteiger partial charge in [-0.1, -0.05) is 0 Å². The minimum Gasteiger partial charge on any atom is -0.495 e. The highest BCUT2D eigenvalue weighted by Crippen LogP contribution is 2.49. The van der Waals surface area contributed by atoms with E-state index in [1.54, 1.807) is 0 Å². The predicted molar refractivity (Wildman–Crippen MR) is 70.4 cm³/mol. The Hall–Kier alpha value is -1.76. The Bertz CT molecular complexity index is 619. The van der Waals surface area contributed by atoms with Gasteiger partial charge in [-0.3, -0.25) is 4.72 Å². The Balaban J connectivity index is 2.59. The smallest absolute Gasteiger partial charge is 0.339 e. The maximum atomic E-state index is 11.3. The average molecular weight is 285 g/mol. The maximum absolute atomic E-state index is 11.3. The minimum atomic E-state index is -3.42. The minimum absolute atomic E-state index is 0.0449. The zero-order valence-electron chi connectivity index (χ0n) is 10.6. The Morgan fingerprint density at radius 2 is 2.05 bits per heavy atom. The summed E-state index contributed by atoms with van der Waals surface area (Å²) in [6.45, 7) is 0. The van der Waals surface area contributed by atoms with Crippen LogP contribution in [-0.2, 0) is 10.0 Å². The fourth-order valence-electron chi connectivity index (χ4n) is 2.05. The van der Waals surface area contributed by atoms with Gasteiger partial charge >= 0.3 is 5.97 Å². The molecule has 1 aliphatic rings. The number of sulfonamides is 1. The lowest BCUT2D eigenvalue weighted by atomic mass is 10.0. The Morgan fingerprint density at radius 1 is 1.42 bits per heavy atom. The Morgan fingerprint density at radius 3 is 2.47 bits per heavy atom. The lowest BCUT2D eigenvalue weighted by molar-refractivity contribution is 0.0693. The van der Waals surface area contributed by atoms with E-state index in [0.717, 1.165) is 19.1 Å². The molecule has 0 unspecified atom stereocenters. The van der Waals surface area contributed by atoms with Crippen LogP contribution in [0.15, 0.2) is 12.1 Å². The number of carbonyl (C=O) groups is 1. The summed E-state index contributed by atoms with van der Waals surface area (Å²) in [5.41, 5.74) is 1.07. The number of rotatable bonds is 5. The number of benzene rings is 1. The molecular weight excluding hydrogens is 270 g/mol. The van der Waals surface area contributed by atoms with E-state index < -0.39 is 16.0 Å². The molecule has 7 heteroatoms. The van der Waals surface area contributed by atoms with Gasteiger partial charge in [0.1, 0.15) is 11.3 Å². The van der Waals surface area contributed by atoms with Crippen LogP contribution >= 0.6 is 0 Å². The van der Waals surface area contributed by atoms with Crippen molar-refractivity contribution >= 4 is 21.7 Å². The molecule has 0 aliphatic heterocycles. The summed E-state index contributed by atoms with van der Waals surface area (Å²) in [5.74, 6) is -0.702. The average Bonchev–Trinajstić information content (AvgIpc) is 3.09. The van der Waals surface area contributed by atoms with E-state index in [9.17, 15) is 13.2 Å². The molecule has 2 rings (SSSR count). The Kier molecular flexibility index (Phi) is 3.40. The van der Waals surface area contributed by atoms with E-state index in [0.29, 0.717) is 11.3 Å². The molecule has 1 aromatic carbocycles. The number of hydrogen-bond donors (Lipinski definition) is 2. The van der Waals surface area contributed by atoms with Gasteiger partial charge in [0.15, 0.2) is 0 Å². The fourth-order valence-corrected chi connectivity index (χ4v) is 2.63. The first kappa shape index (κ1) is 13.7. The van der Waals surface area contributed by atoms with Crippen molar-refractivity contribution < 1.29 is 23.1 Å². The lowest BCUT2D eigenvalue weighted by Gasteiger charge is -2.16. The largest absolute Gasteiger partial charge is 0.495 e. The number of anilines is 1. The summed E-state index contributed by atoms with van der Waals surface area (Å²) in [4.78, 5) is 11.2. The molecule has 0 atom stereocenters. The molecule has 104 valence electrons. The van der Waals surface area contributed by atoms with Crippen LogP contribution in [0.5, 0.6) is 5.75 Å². The third-order valence-corrected chi connectivity index (χ3v) is 3.50. The third-order valence-electron chi connectivity index (χ3n) is 2.91. The van der Waals surface area contributed by atoms with Crippen LogP contribution < -0.4 is 9.46 Å². The van der Waals surface area contributed by atoms with Crippen LogP contribution in [0, 0.1) is 0 Å². The normalized spacial score (nSPS) is 15.1. The third kappa shape index (κ3) is 2.98.